The molecule has 4 heteroatoms. The molecule has 0 aliphatic carbocycles. The van der Waals surface area contributed by atoms with Crippen LogP contribution in [0.25, 0.3) is 0 Å². The number of likely N-dealkylation sites (tertiary alicyclic amines) is 1. The van der Waals surface area contributed by atoms with Gasteiger partial charge in [-0.05, 0) is 31.4 Å². The SMILES string of the molecule is CCc1cc2c(s1)CCO[C@@H]1CCN(CC#N)[C@@H](C)C21. The summed E-state index contributed by atoms with van der Waals surface area (Å²) < 4.78 is 6.12. The van der Waals surface area contributed by atoms with Gasteiger partial charge < -0.3 is 4.74 Å². The molecule has 0 amide bonds. The molecule has 0 spiro atoms. The molecule has 0 aromatic carbocycles. The summed E-state index contributed by atoms with van der Waals surface area (Å²) in [5, 5.41) is 9.00. The molecule has 0 N–H and O–H groups in total. The molecule has 3 heterocycles. The predicted octanol–water partition coefficient (Wildman–Crippen LogP) is 2.95. The largest absolute Gasteiger partial charge is 0.377 e. The van der Waals surface area contributed by atoms with Gasteiger partial charge in [0, 0.05) is 34.7 Å². The zero-order chi connectivity index (χ0) is 14.1. The Hall–Kier alpha value is -0.890. The van der Waals surface area contributed by atoms with E-state index in [1.807, 2.05) is 11.3 Å². The predicted molar refractivity (Wildman–Crippen MR) is 81.1 cm³/mol. The fourth-order valence-electron chi connectivity index (χ4n) is 3.63. The third-order valence-corrected chi connectivity index (χ3v) is 6.09. The van der Waals surface area contributed by atoms with E-state index < -0.39 is 0 Å². The second-order valence-electron chi connectivity index (χ2n) is 5.79. The Bertz CT molecular complexity index is 519. The number of aryl methyl sites for hydroxylation is 1. The first-order valence-corrected chi connectivity index (χ1v) is 8.40. The lowest BCUT2D eigenvalue weighted by atomic mass is 9.82. The monoisotopic (exact) mass is 290 g/mol. The highest BCUT2D eigenvalue weighted by Crippen LogP contribution is 2.41. The van der Waals surface area contributed by atoms with Gasteiger partial charge in [-0.25, -0.2) is 0 Å². The molecular formula is C16H22N2OS. The lowest BCUT2D eigenvalue weighted by Crippen LogP contribution is -2.48. The zero-order valence-electron chi connectivity index (χ0n) is 12.3. The van der Waals surface area contributed by atoms with Gasteiger partial charge in [-0.2, -0.15) is 5.26 Å². The number of fused-ring (bicyclic) bond motifs is 3. The summed E-state index contributed by atoms with van der Waals surface area (Å²) in [5.74, 6) is 0.436. The maximum atomic E-state index is 9.00. The molecule has 20 heavy (non-hydrogen) atoms. The Morgan fingerprint density at radius 2 is 2.40 bits per heavy atom. The van der Waals surface area contributed by atoms with Crippen LogP contribution in [-0.4, -0.2) is 36.7 Å². The Labute approximate surface area is 125 Å². The number of nitrogens with zero attached hydrogens (tertiary/aromatic N) is 2. The van der Waals surface area contributed by atoms with Gasteiger partial charge in [-0.3, -0.25) is 4.90 Å². The van der Waals surface area contributed by atoms with E-state index in [0.717, 1.165) is 32.4 Å². The van der Waals surface area contributed by atoms with Crippen molar-refractivity contribution in [1.82, 2.24) is 4.90 Å². The molecule has 2 aliphatic rings. The summed E-state index contributed by atoms with van der Waals surface area (Å²) in [6.07, 6.45) is 3.55. The maximum absolute atomic E-state index is 9.00. The number of thiophene rings is 1. The highest BCUT2D eigenvalue weighted by Gasteiger charge is 2.39. The fraction of sp³-hybridized carbons (Fsp3) is 0.688. The van der Waals surface area contributed by atoms with E-state index in [0.29, 0.717) is 24.6 Å². The summed E-state index contributed by atoms with van der Waals surface area (Å²) in [7, 11) is 0. The Balaban J connectivity index is 1.95. The first kappa shape index (κ1) is 14.1. The molecule has 108 valence electrons. The normalized spacial score (nSPS) is 30.1. The number of piperidine rings is 1. The molecule has 3 nitrogen and oxygen atoms in total. The molecule has 1 aromatic rings. The van der Waals surface area contributed by atoms with Crippen LogP contribution in [-0.2, 0) is 17.6 Å². The first-order valence-electron chi connectivity index (χ1n) is 7.58. The molecule has 0 radical (unpaired) electrons. The van der Waals surface area contributed by atoms with Crippen LogP contribution in [0.15, 0.2) is 6.07 Å². The molecule has 0 bridgehead atoms. The van der Waals surface area contributed by atoms with Crippen LogP contribution in [0.4, 0.5) is 0 Å². The van der Waals surface area contributed by atoms with E-state index in [-0.39, 0.29) is 0 Å². The summed E-state index contributed by atoms with van der Waals surface area (Å²) in [6.45, 7) is 6.85. The zero-order valence-corrected chi connectivity index (χ0v) is 13.1. The lowest BCUT2D eigenvalue weighted by molar-refractivity contribution is -0.0201. The lowest BCUT2D eigenvalue weighted by Gasteiger charge is -2.42. The van der Waals surface area contributed by atoms with Gasteiger partial charge in [-0.1, -0.05) is 6.92 Å². The maximum Gasteiger partial charge on any atom is 0.0868 e. The van der Waals surface area contributed by atoms with Crippen molar-refractivity contribution in [2.24, 2.45) is 0 Å². The molecule has 1 unspecified atom stereocenters. The van der Waals surface area contributed by atoms with E-state index in [1.54, 1.807) is 0 Å². The molecule has 3 rings (SSSR count). The van der Waals surface area contributed by atoms with Crippen LogP contribution < -0.4 is 0 Å². The third-order valence-electron chi connectivity index (χ3n) is 4.73. The van der Waals surface area contributed by atoms with Crippen LogP contribution in [0.5, 0.6) is 0 Å². The highest BCUT2D eigenvalue weighted by molar-refractivity contribution is 7.12. The highest BCUT2D eigenvalue weighted by atomic mass is 32.1. The summed E-state index contributed by atoms with van der Waals surface area (Å²) in [4.78, 5) is 5.31. The number of hydrogen-bond acceptors (Lipinski definition) is 4. The second kappa shape index (κ2) is 5.85. The van der Waals surface area contributed by atoms with E-state index in [1.165, 1.54) is 15.3 Å². The molecule has 1 aromatic heterocycles. The first-order chi connectivity index (χ1) is 9.74. The van der Waals surface area contributed by atoms with Crippen LogP contribution >= 0.6 is 11.3 Å². The Kier molecular flexibility index (Phi) is 4.11. The molecule has 2 aliphatic heterocycles. The number of ether oxygens (including phenoxy) is 1. The van der Waals surface area contributed by atoms with Crippen molar-refractivity contribution < 1.29 is 4.74 Å². The van der Waals surface area contributed by atoms with Gasteiger partial charge in [0.15, 0.2) is 0 Å². The minimum Gasteiger partial charge on any atom is -0.377 e. The summed E-state index contributed by atoms with van der Waals surface area (Å²) >= 11 is 1.96. The number of nitriles is 1. The second-order valence-corrected chi connectivity index (χ2v) is 7.01. The minimum absolute atomic E-state index is 0.334. The average molecular weight is 290 g/mol. The van der Waals surface area contributed by atoms with Gasteiger partial charge in [0.2, 0.25) is 0 Å². The Morgan fingerprint density at radius 3 is 3.15 bits per heavy atom. The molecular weight excluding hydrogens is 268 g/mol. The summed E-state index contributed by atoms with van der Waals surface area (Å²) in [6, 6.07) is 5.10. The van der Waals surface area contributed by atoms with Crippen molar-refractivity contribution in [3.8, 4) is 6.07 Å². The molecule has 1 saturated heterocycles. The topological polar surface area (TPSA) is 36.3 Å². The van der Waals surface area contributed by atoms with E-state index >= 15 is 0 Å². The average Bonchev–Trinajstić information content (AvgIpc) is 2.77. The third kappa shape index (κ3) is 2.39. The minimum atomic E-state index is 0.334. The molecule has 0 saturated carbocycles. The van der Waals surface area contributed by atoms with Gasteiger partial charge >= 0.3 is 0 Å². The van der Waals surface area contributed by atoms with Gasteiger partial charge in [0.25, 0.3) is 0 Å². The van der Waals surface area contributed by atoms with Crippen molar-refractivity contribution >= 4 is 11.3 Å². The van der Waals surface area contributed by atoms with Crippen LogP contribution in [0.1, 0.15) is 41.5 Å². The van der Waals surface area contributed by atoms with E-state index in [9.17, 15) is 0 Å². The molecule has 3 atom stereocenters. The van der Waals surface area contributed by atoms with E-state index in [4.69, 9.17) is 10.00 Å². The van der Waals surface area contributed by atoms with Crippen LogP contribution in [0.3, 0.4) is 0 Å². The smallest absolute Gasteiger partial charge is 0.0868 e. The van der Waals surface area contributed by atoms with Crippen molar-refractivity contribution in [2.75, 3.05) is 19.7 Å². The van der Waals surface area contributed by atoms with Crippen molar-refractivity contribution in [2.45, 2.75) is 51.2 Å². The van der Waals surface area contributed by atoms with Crippen molar-refractivity contribution in [3.05, 3.63) is 21.4 Å². The van der Waals surface area contributed by atoms with Crippen LogP contribution in [0, 0.1) is 11.3 Å². The summed E-state index contributed by atoms with van der Waals surface area (Å²) in [5.41, 5.74) is 1.50. The number of rotatable bonds is 2. The molecule has 1 fully saturated rings. The van der Waals surface area contributed by atoms with Crippen molar-refractivity contribution in [3.63, 3.8) is 0 Å². The fourth-order valence-corrected chi connectivity index (χ4v) is 4.78. The van der Waals surface area contributed by atoms with E-state index in [2.05, 4.69) is 30.9 Å². The van der Waals surface area contributed by atoms with Gasteiger partial charge in [0.05, 0.1) is 25.3 Å². The van der Waals surface area contributed by atoms with Crippen molar-refractivity contribution in [1.29, 1.82) is 5.26 Å². The quantitative estimate of drug-likeness (QED) is 0.786. The number of hydrogen-bond donors (Lipinski definition) is 0. The van der Waals surface area contributed by atoms with Gasteiger partial charge in [-0.15, -0.1) is 11.3 Å². The standard InChI is InChI=1S/C16H22N2OS/c1-3-12-10-13-15(20-12)5-9-19-14-4-7-18(8-6-17)11(2)16(13)14/h10-11,14,16H,3-5,7-9H2,1-2H3/t11-,14+,16?/m0/s1. The van der Waals surface area contributed by atoms with Gasteiger partial charge in [0.1, 0.15) is 0 Å². The van der Waals surface area contributed by atoms with Crippen LogP contribution in [0.2, 0.25) is 0 Å². The Morgan fingerprint density at radius 1 is 1.55 bits per heavy atom.